The molecule has 0 radical (unpaired) electrons. The van der Waals surface area contributed by atoms with Gasteiger partial charge in [-0.2, -0.15) is 0 Å². The van der Waals surface area contributed by atoms with Crippen LogP contribution >= 0.6 is 0 Å². The van der Waals surface area contributed by atoms with Crippen LogP contribution in [-0.2, 0) is 21.4 Å². The molecule has 0 aliphatic heterocycles. The van der Waals surface area contributed by atoms with Crippen molar-refractivity contribution in [2.75, 3.05) is 7.11 Å². The van der Waals surface area contributed by atoms with Gasteiger partial charge in [-0.05, 0) is 37.3 Å². The molecule has 94 valence electrons. The average Bonchev–Trinajstić information content (AvgIpc) is 2.27. The summed E-state index contributed by atoms with van der Waals surface area (Å²) < 4.78 is 4.85. The van der Waals surface area contributed by atoms with E-state index in [-0.39, 0.29) is 5.97 Å². The van der Waals surface area contributed by atoms with Gasteiger partial charge < -0.3 is 4.74 Å². The maximum atomic E-state index is 11.7. The molecule has 0 saturated carbocycles. The monoisotopic (exact) mass is 234 g/mol. The van der Waals surface area contributed by atoms with Crippen molar-refractivity contribution < 1.29 is 9.53 Å². The third kappa shape index (κ3) is 3.32. The van der Waals surface area contributed by atoms with Crippen LogP contribution in [0.25, 0.3) is 0 Å². The Morgan fingerprint density at radius 3 is 2.53 bits per heavy atom. The van der Waals surface area contributed by atoms with E-state index in [1.165, 1.54) is 12.7 Å². The van der Waals surface area contributed by atoms with Crippen molar-refractivity contribution in [3.8, 4) is 0 Å². The van der Waals surface area contributed by atoms with E-state index in [0.717, 1.165) is 12.0 Å². The van der Waals surface area contributed by atoms with Crippen molar-refractivity contribution in [1.82, 2.24) is 0 Å². The van der Waals surface area contributed by atoms with Gasteiger partial charge >= 0.3 is 5.97 Å². The Hall–Kier alpha value is -1.31. The first-order valence-corrected chi connectivity index (χ1v) is 6.05. The highest BCUT2D eigenvalue weighted by atomic mass is 16.5. The molecule has 0 heterocycles. The first kappa shape index (κ1) is 13.8. The van der Waals surface area contributed by atoms with E-state index in [4.69, 9.17) is 4.74 Å². The Labute approximate surface area is 104 Å². The summed E-state index contributed by atoms with van der Waals surface area (Å²) in [7, 11) is 1.43. The summed E-state index contributed by atoms with van der Waals surface area (Å²) in [6, 6.07) is 8.21. The van der Waals surface area contributed by atoms with Gasteiger partial charge in [0, 0.05) is 0 Å². The summed E-state index contributed by atoms with van der Waals surface area (Å²) in [5.74, 6) is 0.422. The van der Waals surface area contributed by atoms with E-state index < -0.39 is 5.41 Å². The van der Waals surface area contributed by atoms with Crippen molar-refractivity contribution >= 4 is 5.97 Å². The molecular formula is C15H22O2. The summed E-state index contributed by atoms with van der Waals surface area (Å²) in [6.45, 7) is 8.18. The maximum absolute atomic E-state index is 11.7. The molecule has 0 N–H and O–H groups in total. The van der Waals surface area contributed by atoms with Gasteiger partial charge in [-0.15, -0.1) is 0 Å². The van der Waals surface area contributed by atoms with Crippen molar-refractivity contribution in [2.45, 2.75) is 39.5 Å². The van der Waals surface area contributed by atoms with Crippen molar-refractivity contribution in [1.29, 1.82) is 0 Å². The first-order chi connectivity index (χ1) is 7.87. The Kier molecular flexibility index (Phi) is 4.33. The molecular weight excluding hydrogens is 212 g/mol. The summed E-state index contributed by atoms with van der Waals surface area (Å²) in [5.41, 5.74) is 1.71. The van der Waals surface area contributed by atoms with Crippen molar-refractivity contribution in [2.24, 2.45) is 5.92 Å². The normalized spacial score (nSPS) is 11.6. The number of hydrogen-bond donors (Lipinski definition) is 0. The molecule has 0 fully saturated rings. The summed E-state index contributed by atoms with van der Waals surface area (Å²) in [5, 5.41) is 0. The summed E-state index contributed by atoms with van der Waals surface area (Å²) in [4.78, 5) is 11.7. The maximum Gasteiger partial charge on any atom is 0.315 e. The van der Waals surface area contributed by atoms with Gasteiger partial charge in [0.15, 0.2) is 0 Å². The van der Waals surface area contributed by atoms with E-state index in [2.05, 4.69) is 26.0 Å². The van der Waals surface area contributed by atoms with Crippen LogP contribution in [0.15, 0.2) is 24.3 Å². The summed E-state index contributed by atoms with van der Waals surface area (Å²) >= 11 is 0. The Morgan fingerprint density at radius 1 is 1.35 bits per heavy atom. The third-order valence-corrected chi connectivity index (χ3v) is 2.99. The fraction of sp³-hybridized carbons (Fsp3) is 0.533. The topological polar surface area (TPSA) is 26.3 Å². The largest absolute Gasteiger partial charge is 0.468 e. The van der Waals surface area contributed by atoms with Gasteiger partial charge in [-0.1, -0.05) is 38.1 Å². The highest BCUT2D eigenvalue weighted by Crippen LogP contribution is 2.26. The second-order valence-corrected chi connectivity index (χ2v) is 5.41. The zero-order valence-electron chi connectivity index (χ0n) is 11.4. The molecule has 0 atom stereocenters. The minimum absolute atomic E-state index is 0.195. The van der Waals surface area contributed by atoms with Crippen LogP contribution in [0.5, 0.6) is 0 Å². The van der Waals surface area contributed by atoms with E-state index in [1.54, 1.807) is 0 Å². The lowest BCUT2D eigenvalue weighted by molar-refractivity contribution is -0.146. The molecule has 0 aliphatic carbocycles. The molecule has 2 nitrogen and oxygen atoms in total. The van der Waals surface area contributed by atoms with E-state index in [9.17, 15) is 4.79 Å². The third-order valence-electron chi connectivity index (χ3n) is 2.99. The molecule has 0 saturated heterocycles. The van der Waals surface area contributed by atoms with Crippen LogP contribution < -0.4 is 0 Å². The minimum atomic E-state index is -0.582. The lowest BCUT2D eigenvalue weighted by Gasteiger charge is -2.22. The quantitative estimate of drug-likeness (QED) is 0.747. The van der Waals surface area contributed by atoms with Gasteiger partial charge in [0.05, 0.1) is 12.5 Å². The average molecular weight is 234 g/mol. The van der Waals surface area contributed by atoms with Gasteiger partial charge in [-0.3, -0.25) is 4.79 Å². The molecule has 17 heavy (non-hydrogen) atoms. The smallest absolute Gasteiger partial charge is 0.315 e. The Balaban J connectivity index is 3.02. The number of rotatable bonds is 4. The van der Waals surface area contributed by atoms with E-state index in [1.807, 2.05) is 26.0 Å². The lowest BCUT2D eigenvalue weighted by Crippen LogP contribution is -2.30. The predicted molar refractivity (Wildman–Crippen MR) is 70.0 cm³/mol. The van der Waals surface area contributed by atoms with Gasteiger partial charge in [0.1, 0.15) is 0 Å². The number of carbonyl (C=O) groups excluding carboxylic acids is 1. The predicted octanol–water partition coefficient (Wildman–Crippen LogP) is 3.34. The number of methoxy groups -OCH3 is 1. The first-order valence-electron chi connectivity index (χ1n) is 6.05. The van der Waals surface area contributed by atoms with Gasteiger partial charge in [0.25, 0.3) is 0 Å². The van der Waals surface area contributed by atoms with Gasteiger partial charge in [0.2, 0.25) is 0 Å². The number of benzene rings is 1. The zero-order valence-corrected chi connectivity index (χ0v) is 11.4. The molecule has 0 amide bonds. The number of carbonyl (C=O) groups is 1. The molecule has 1 aromatic rings. The highest BCUT2D eigenvalue weighted by Gasteiger charge is 2.30. The van der Waals surface area contributed by atoms with Crippen LogP contribution in [0.2, 0.25) is 0 Å². The molecule has 0 spiro atoms. The van der Waals surface area contributed by atoms with Crippen molar-refractivity contribution in [3.05, 3.63) is 35.4 Å². The molecule has 0 aromatic heterocycles. The summed E-state index contributed by atoms with van der Waals surface area (Å²) in [6.07, 6.45) is 1.03. The van der Waals surface area contributed by atoms with Gasteiger partial charge in [-0.25, -0.2) is 0 Å². The second-order valence-electron chi connectivity index (χ2n) is 5.41. The fourth-order valence-corrected chi connectivity index (χ4v) is 1.93. The zero-order chi connectivity index (χ0) is 13.1. The van der Waals surface area contributed by atoms with Crippen LogP contribution in [0.3, 0.4) is 0 Å². The number of ether oxygens (including phenoxy) is 1. The number of hydrogen-bond acceptors (Lipinski definition) is 2. The molecule has 2 heteroatoms. The van der Waals surface area contributed by atoms with Crippen LogP contribution in [0, 0.1) is 5.92 Å². The Bertz CT molecular complexity index is 392. The standard InChI is InChI=1S/C15H22O2/c1-11(2)9-12-7-6-8-13(10-12)15(3,4)14(16)17-5/h6-8,10-11H,9H2,1-5H3. The molecule has 0 aliphatic rings. The Morgan fingerprint density at radius 2 is 2.00 bits per heavy atom. The molecule has 0 bridgehead atoms. The number of esters is 1. The molecule has 0 unspecified atom stereocenters. The molecule has 1 aromatic carbocycles. The minimum Gasteiger partial charge on any atom is -0.468 e. The second kappa shape index (κ2) is 5.35. The highest BCUT2D eigenvalue weighted by molar-refractivity contribution is 5.82. The van der Waals surface area contributed by atoms with Crippen LogP contribution in [0.1, 0.15) is 38.8 Å². The van der Waals surface area contributed by atoms with E-state index >= 15 is 0 Å². The van der Waals surface area contributed by atoms with Crippen molar-refractivity contribution in [3.63, 3.8) is 0 Å². The lowest BCUT2D eigenvalue weighted by atomic mass is 9.83. The van der Waals surface area contributed by atoms with E-state index in [0.29, 0.717) is 5.92 Å². The van der Waals surface area contributed by atoms with Crippen LogP contribution in [0.4, 0.5) is 0 Å². The van der Waals surface area contributed by atoms with Crippen LogP contribution in [-0.4, -0.2) is 13.1 Å². The fourth-order valence-electron chi connectivity index (χ4n) is 1.93. The SMILES string of the molecule is COC(=O)C(C)(C)c1cccc(CC(C)C)c1. The molecule has 1 rings (SSSR count).